The number of nitrogens with zero attached hydrogens (tertiary/aromatic N) is 2. The minimum atomic E-state index is -0.495. The molecule has 2 N–H and O–H groups in total. The van der Waals surface area contributed by atoms with Crippen LogP contribution in [0.15, 0.2) is 29.1 Å². The molecule has 0 radical (unpaired) electrons. The van der Waals surface area contributed by atoms with Crippen LogP contribution >= 0.6 is 23.1 Å². The summed E-state index contributed by atoms with van der Waals surface area (Å²) in [6.45, 7) is 5.62. The largest absolute Gasteiger partial charge is 0.325 e. The highest BCUT2D eigenvalue weighted by atomic mass is 32.2. The summed E-state index contributed by atoms with van der Waals surface area (Å²) in [6.07, 6.45) is 0. The zero-order valence-electron chi connectivity index (χ0n) is 15.4. The van der Waals surface area contributed by atoms with Crippen LogP contribution in [0.2, 0.25) is 0 Å². The smallest absolute Gasteiger partial charge is 0.269 e. The number of nitrogens with one attached hydrogen (secondary N) is 2. The van der Waals surface area contributed by atoms with Gasteiger partial charge in [0.1, 0.15) is 10.7 Å². The first-order chi connectivity index (χ1) is 13.3. The molecular formula is C18H18N4O4S2. The second-order valence-electron chi connectivity index (χ2n) is 6.22. The number of thiophene rings is 1. The number of carbonyl (C=O) groups excluding carboxylic acids is 1. The van der Waals surface area contributed by atoms with E-state index in [-0.39, 0.29) is 17.2 Å². The average Bonchev–Trinajstić information content (AvgIpc) is 2.94. The molecule has 0 spiro atoms. The van der Waals surface area contributed by atoms with E-state index in [4.69, 9.17) is 0 Å². The Morgan fingerprint density at radius 3 is 2.68 bits per heavy atom. The van der Waals surface area contributed by atoms with Gasteiger partial charge in [-0.15, -0.1) is 23.1 Å². The number of non-ortho nitro benzene ring substituents is 1. The molecule has 0 aliphatic rings. The predicted octanol–water partition coefficient (Wildman–Crippen LogP) is 3.77. The molecule has 1 unspecified atom stereocenters. The fourth-order valence-corrected chi connectivity index (χ4v) is 4.36. The zero-order chi connectivity index (χ0) is 20.4. The van der Waals surface area contributed by atoms with Gasteiger partial charge in [-0.25, -0.2) is 4.98 Å². The van der Waals surface area contributed by atoms with Gasteiger partial charge >= 0.3 is 0 Å². The van der Waals surface area contributed by atoms with Gasteiger partial charge in [-0.2, -0.15) is 0 Å². The minimum absolute atomic E-state index is 0.0371. The first-order valence-corrected chi connectivity index (χ1v) is 10.3. The van der Waals surface area contributed by atoms with Crippen LogP contribution in [0.4, 0.5) is 11.4 Å². The number of benzene rings is 1. The molecule has 0 fully saturated rings. The van der Waals surface area contributed by atoms with E-state index in [0.29, 0.717) is 27.5 Å². The Labute approximate surface area is 168 Å². The number of rotatable bonds is 6. The number of fused-ring (bicyclic) bond motifs is 1. The Morgan fingerprint density at radius 2 is 2.04 bits per heavy atom. The van der Waals surface area contributed by atoms with Crippen molar-refractivity contribution in [3.05, 3.63) is 61.0 Å². The maximum absolute atomic E-state index is 12.3. The van der Waals surface area contributed by atoms with Crippen molar-refractivity contribution in [1.29, 1.82) is 0 Å². The number of nitro benzene ring substituents is 1. The molecule has 28 heavy (non-hydrogen) atoms. The van der Waals surface area contributed by atoms with E-state index < -0.39 is 10.2 Å². The summed E-state index contributed by atoms with van der Waals surface area (Å²) in [5.74, 6) is 0.680. The third-order valence-corrected chi connectivity index (χ3v) is 6.53. The summed E-state index contributed by atoms with van der Waals surface area (Å²) in [4.78, 5) is 43.9. The lowest BCUT2D eigenvalue weighted by atomic mass is 10.2. The number of aryl methyl sites for hydroxylation is 2. The molecule has 10 heteroatoms. The maximum atomic E-state index is 12.3. The van der Waals surface area contributed by atoms with Crippen molar-refractivity contribution in [3.63, 3.8) is 0 Å². The zero-order valence-corrected chi connectivity index (χ0v) is 17.1. The summed E-state index contributed by atoms with van der Waals surface area (Å²) in [6, 6.07) is 5.65. The highest BCUT2D eigenvalue weighted by Gasteiger charge is 2.16. The van der Waals surface area contributed by atoms with E-state index in [2.05, 4.69) is 15.3 Å². The summed E-state index contributed by atoms with van der Waals surface area (Å²) >= 11 is 2.83. The molecule has 146 valence electrons. The van der Waals surface area contributed by atoms with Gasteiger partial charge < -0.3 is 10.3 Å². The van der Waals surface area contributed by atoms with Gasteiger partial charge in [0.15, 0.2) is 0 Å². The summed E-state index contributed by atoms with van der Waals surface area (Å²) in [7, 11) is 0. The number of amides is 1. The van der Waals surface area contributed by atoms with E-state index >= 15 is 0 Å². The molecule has 0 aliphatic heterocycles. The summed E-state index contributed by atoms with van der Waals surface area (Å²) in [5.41, 5.74) is 1.24. The molecule has 3 aromatic rings. The minimum Gasteiger partial charge on any atom is -0.325 e. The number of anilines is 1. The van der Waals surface area contributed by atoms with Gasteiger partial charge in [-0.1, -0.05) is 0 Å². The Morgan fingerprint density at radius 1 is 1.36 bits per heavy atom. The molecule has 0 saturated heterocycles. The Bertz CT molecular complexity index is 1110. The third kappa shape index (κ3) is 4.23. The van der Waals surface area contributed by atoms with Crippen LogP contribution in [0.1, 0.15) is 23.2 Å². The van der Waals surface area contributed by atoms with Crippen LogP contribution in [0.3, 0.4) is 0 Å². The topological polar surface area (TPSA) is 118 Å². The van der Waals surface area contributed by atoms with Crippen molar-refractivity contribution < 1.29 is 9.72 Å². The van der Waals surface area contributed by atoms with Gasteiger partial charge in [0.2, 0.25) is 5.91 Å². The number of hydrogen-bond acceptors (Lipinski definition) is 7. The van der Waals surface area contributed by atoms with Crippen molar-refractivity contribution in [1.82, 2.24) is 9.97 Å². The number of H-pyrrole nitrogens is 1. The SMILES string of the molecule is Cc1sc2nc(CSC(C)C(=O)Nc3ccc([N+](=O)[O-])cc3)[nH]c(=O)c2c1C. The van der Waals surface area contributed by atoms with Crippen molar-refractivity contribution in [2.75, 3.05) is 5.32 Å². The Kier molecular flexibility index (Phi) is 5.80. The van der Waals surface area contributed by atoms with Crippen molar-refractivity contribution in [2.45, 2.75) is 31.8 Å². The standard InChI is InChI=1S/C18H18N4O4S2/c1-9-10(2)28-18-15(9)17(24)20-14(21-18)8-27-11(3)16(23)19-12-4-6-13(7-5-12)22(25)26/h4-7,11H,8H2,1-3H3,(H,19,23)(H,20,21,24). The van der Waals surface area contributed by atoms with E-state index in [9.17, 15) is 19.7 Å². The maximum Gasteiger partial charge on any atom is 0.269 e. The highest BCUT2D eigenvalue weighted by Crippen LogP contribution is 2.26. The summed E-state index contributed by atoms with van der Waals surface area (Å²) < 4.78 is 0. The number of aromatic nitrogens is 2. The predicted molar refractivity (Wildman–Crippen MR) is 112 cm³/mol. The van der Waals surface area contributed by atoms with Crippen LogP contribution < -0.4 is 10.9 Å². The van der Waals surface area contributed by atoms with Gasteiger partial charge in [0.25, 0.3) is 11.2 Å². The van der Waals surface area contributed by atoms with Crippen LogP contribution in [0, 0.1) is 24.0 Å². The second-order valence-corrected chi connectivity index (χ2v) is 8.75. The van der Waals surface area contributed by atoms with E-state index in [0.717, 1.165) is 10.4 Å². The van der Waals surface area contributed by atoms with Gasteiger partial charge in [0, 0.05) is 22.7 Å². The van der Waals surface area contributed by atoms with Crippen molar-refractivity contribution >= 4 is 50.6 Å². The molecule has 0 bridgehead atoms. The quantitative estimate of drug-likeness (QED) is 0.465. The lowest BCUT2D eigenvalue weighted by Gasteiger charge is -2.11. The van der Waals surface area contributed by atoms with Crippen LogP contribution in [0.25, 0.3) is 10.2 Å². The monoisotopic (exact) mass is 418 g/mol. The second kappa shape index (κ2) is 8.11. The molecular weight excluding hydrogens is 400 g/mol. The van der Waals surface area contributed by atoms with E-state index in [1.54, 1.807) is 6.92 Å². The van der Waals surface area contributed by atoms with Gasteiger partial charge in [0.05, 0.1) is 21.3 Å². The number of carbonyl (C=O) groups is 1. The number of nitro groups is 1. The van der Waals surface area contributed by atoms with Crippen LogP contribution in [-0.4, -0.2) is 26.0 Å². The molecule has 2 aromatic heterocycles. The van der Waals surface area contributed by atoms with E-state index in [1.165, 1.54) is 47.4 Å². The van der Waals surface area contributed by atoms with Gasteiger partial charge in [-0.3, -0.25) is 19.7 Å². The molecule has 2 heterocycles. The van der Waals surface area contributed by atoms with Crippen molar-refractivity contribution in [2.24, 2.45) is 0 Å². The first-order valence-electron chi connectivity index (χ1n) is 8.42. The Balaban J connectivity index is 1.64. The molecule has 0 saturated carbocycles. The fraction of sp³-hybridized carbons (Fsp3) is 0.278. The number of aromatic amines is 1. The number of thioether (sulfide) groups is 1. The molecule has 1 amide bonds. The fourth-order valence-electron chi connectivity index (χ4n) is 2.56. The third-order valence-electron chi connectivity index (χ3n) is 4.27. The number of hydrogen-bond donors (Lipinski definition) is 2. The molecule has 3 rings (SSSR count). The van der Waals surface area contributed by atoms with Crippen LogP contribution in [-0.2, 0) is 10.5 Å². The summed E-state index contributed by atoms with van der Waals surface area (Å²) in [5, 5.41) is 13.6. The lowest BCUT2D eigenvalue weighted by Crippen LogP contribution is -2.23. The highest BCUT2D eigenvalue weighted by molar-refractivity contribution is 7.99. The molecule has 8 nitrogen and oxygen atoms in total. The average molecular weight is 419 g/mol. The molecule has 1 atom stereocenters. The lowest BCUT2D eigenvalue weighted by molar-refractivity contribution is -0.384. The van der Waals surface area contributed by atoms with E-state index in [1.807, 2.05) is 13.8 Å². The van der Waals surface area contributed by atoms with Crippen LogP contribution in [0.5, 0.6) is 0 Å². The Hall–Kier alpha value is -2.72. The first kappa shape index (κ1) is 20.0. The molecule has 1 aromatic carbocycles. The molecule has 0 aliphatic carbocycles. The van der Waals surface area contributed by atoms with Gasteiger partial charge in [-0.05, 0) is 38.5 Å². The van der Waals surface area contributed by atoms with Crippen molar-refractivity contribution in [3.8, 4) is 0 Å². The normalized spacial score (nSPS) is 12.1.